The van der Waals surface area contributed by atoms with Gasteiger partial charge in [-0.1, -0.05) is 31.5 Å². The first-order valence-corrected chi connectivity index (χ1v) is 8.06. The fourth-order valence-electron chi connectivity index (χ4n) is 2.51. The van der Waals surface area contributed by atoms with Crippen LogP contribution in [-0.2, 0) is 0 Å². The van der Waals surface area contributed by atoms with Gasteiger partial charge in [0, 0.05) is 5.56 Å². The minimum atomic E-state index is -0.507. The van der Waals surface area contributed by atoms with E-state index in [0.717, 1.165) is 17.5 Å². The van der Waals surface area contributed by atoms with Gasteiger partial charge in [0.05, 0.1) is 5.69 Å². The molecule has 0 spiro atoms. The van der Waals surface area contributed by atoms with Gasteiger partial charge in [-0.3, -0.25) is 4.79 Å². The topological polar surface area (TPSA) is 52.3 Å². The second-order valence-electron chi connectivity index (χ2n) is 6.10. The molecule has 0 fully saturated rings. The molecule has 23 heavy (non-hydrogen) atoms. The van der Waals surface area contributed by atoms with Crippen molar-refractivity contribution in [3.63, 3.8) is 0 Å². The Morgan fingerprint density at radius 2 is 1.83 bits per heavy atom. The number of hydrogen-bond acceptors (Lipinski definition) is 3. The van der Waals surface area contributed by atoms with Crippen LogP contribution in [0.2, 0.25) is 0 Å². The number of aryl methyl sites for hydroxylation is 3. The molecule has 122 valence electrons. The van der Waals surface area contributed by atoms with E-state index in [4.69, 9.17) is 10.5 Å². The molecule has 3 nitrogen and oxygen atoms in total. The molecular formula is C20H25NO2. The van der Waals surface area contributed by atoms with Crippen molar-refractivity contribution in [1.29, 1.82) is 0 Å². The molecule has 2 rings (SSSR count). The average molecular weight is 311 g/mol. The Kier molecular flexibility index (Phi) is 5.43. The molecule has 3 heteroatoms. The number of ether oxygens (including phenoxy) is 1. The molecule has 2 aromatic carbocycles. The largest absolute Gasteiger partial charge is 0.480 e. The van der Waals surface area contributed by atoms with Gasteiger partial charge in [-0.15, -0.1) is 0 Å². The summed E-state index contributed by atoms with van der Waals surface area (Å²) in [5.41, 5.74) is 10.6. The third-order valence-electron chi connectivity index (χ3n) is 4.07. The lowest BCUT2D eigenvalue weighted by atomic mass is 9.99. The predicted molar refractivity (Wildman–Crippen MR) is 95.2 cm³/mol. The molecule has 0 saturated heterocycles. The van der Waals surface area contributed by atoms with Gasteiger partial charge in [-0.05, 0) is 62.1 Å². The van der Waals surface area contributed by atoms with Crippen LogP contribution in [0.1, 0.15) is 46.8 Å². The number of nitrogen functional groups attached to an aromatic ring is 1. The van der Waals surface area contributed by atoms with E-state index in [0.29, 0.717) is 23.4 Å². The second-order valence-corrected chi connectivity index (χ2v) is 6.10. The highest BCUT2D eigenvalue weighted by Gasteiger charge is 2.22. The smallest absolute Gasteiger partial charge is 0.203 e. The van der Waals surface area contributed by atoms with Crippen LogP contribution in [0, 0.1) is 20.8 Å². The summed E-state index contributed by atoms with van der Waals surface area (Å²) in [6.07, 6.45) is 1.03. The maximum absolute atomic E-state index is 12.8. The normalized spacial score (nSPS) is 12.0. The van der Waals surface area contributed by atoms with Gasteiger partial charge in [0.2, 0.25) is 5.78 Å². The van der Waals surface area contributed by atoms with Gasteiger partial charge in [0.15, 0.2) is 6.10 Å². The van der Waals surface area contributed by atoms with E-state index in [-0.39, 0.29) is 5.78 Å². The quantitative estimate of drug-likeness (QED) is 0.625. The zero-order valence-electron chi connectivity index (χ0n) is 14.3. The fourth-order valence-corrected chi connectivity index (χ4v) is 2.51. The Hall–Kier alpha value is -2.29. The van der Waals surface area contributed by atoms with E-state index < -0.39 is 6.10 Å². The molecule has 0 amide bonds. The Morgan fingerprint density at radius 1 is 1.09 bits per heavy atom. The summed E-state index contributed by atoms with van der Waals surface area (Å²) in [6.45, 7) is 8.07. The van der Waals surface area contributed by atoms with Gasteiger partial charge in [-0.2, -0.15) is 0 Å². The number of anilines is 1. The van der Waals surface area contributed by atoms with Crippen molar-refractivity contribution in [2.24, 2.45) is 0 Å². The summed E-state index contributed by atoms with van der Waals surface area (Å²) >= 11 is 0. The molecule has 0 radical (unpaired) electrons. The van der Waals surface area contributed by atoms with Crippen molar-refractivity contribution in [2.45, 2.75) is 46.6 Å². The Morgan fingerprint density at radius 3 is 2.43 bits per heavy atom. The highest BCUT2D eigenvalue weighted by atomic mass is 16.5. The fraction of sp³-hybridized carbons (Fsp3) is 0.350. The monoisotopic (exact) mass is 311 g/mol. The summed E-state index contributed by atoms with van der Waals surface area (Å²) in [4.78, 5) is 12.8. The number of Topliss-reactive ketones (excluding diaryl/α,β-unsaturated/α-hetero) is 1. The molecule has 2 aromatic rings. The molecule has 0 aliphatic rings. The molecule has 0 bridgehead atoms. The number of nitrogens with two attached hydrogens (primary N) is 1. The van der Waals surface area contributed by atoms with E-state index in [1.165, 1.54) is 5.56 Å². The van der Waals surface area contributed by atoms with Crippen molar-refractivity contribution in [2.75, 3.05) is 5.73 Å². The minimum Gasteiger partial charge on any atom is -0.480 e. The van der Waals surface area contributed by atoms with E-state index in [2.05, 4.69) is 0 Å². The van der Waals surface area contributed by atoms with Crippen molar-refractivity contribution < 1.29 is 9.53 Å². The lowest BCUT2D eigenvalue weighted by Crippen LogP contribution is -2.28. The van der Waals surface area contributed by atoms with Gasteiger partial charge in [-0.25, -0.2) is 0 Å². The van der Waals surface area contributed by atoms with Crippen LogP contribution in [-0.4, -0.2) is 11.9 Å². The van der Waals surface area contributed by atoms with Crippen LogP contribution in [0.5, 0.6) is 5.75 Å². The highest BCUT2D eigenvalue weighted by molar-refractivity contribution is 6.00. The predicted octanol–water partition coefficient (Wildman–Crippen LogP) is 4.62. The number of ketones is 1. The molecule has 2 N–H and O–H groups in total. The first-order chi connectivity index (χ1) is 10.9. The number of carbonyl (C=O) groups excluding carboxylic acids is 1. The molecule has 0 heterocycles. The highest BCUT2D eigenvalue weighted by Crippen LogP contribution is 2.25. The van der Waals surface area contributed by atoms with Crippen LogP contribution >= 0.6 is 0 Å². The van der Waals surface area contributed by atoms with Crippen molar-refractivity contribution >= 4 is 11.5 Å². The van der Waals surface area contributed by atoms with Crippen molar-refractivity contribution in [3.8, 4) is 5.75 Å². The van der Waals surface area contributed by atoms with E-state index in [1.54, 1.807) is 0 Å². The minimum absolute atomic E-state index is 0.00919. The van der Waals surface area contributed by atoms with Crippen LogP contribution in [0.15, 0.2) is 36.4 Å². The number of benzene rings is 2. The zero-order valence-corrected chi connectivity index (χ0v) is 14.3. The molecule has 0 saturated carbocycles. The molecule has 1 unspecified atom stereocenters. The SMILES string of the molecule is CCCC(Oc1ccc(C)cc1N)C(=O)c1ccc(C)c(C)c1. The number of rotatable bonds is 6. The van der Waals surface area contributed by atoms with Crippen LogP contribution in [0.4, 0.5) is 5.69 Å². The Labute approximate surface area is 138 Å². The molecule has 0 aliphatic heterocycles. The van der Waals surface area contributed by atoms with Gasteiger partial charge in [0.25, 0.3) is 0 Å². The van der Waals surface area contributed by atoms with Crippen molar-refractivity contribution in [3.05, 3.63) is 58.7 Å². The van der Waals surface area contributed by atoms with Crippen LogP contribution in [0.3, 0.4) is 0 Å². The molecule has 0 aromatic heterocycles. The Balaban J connectivity index is 2.26. The van der Waals surface area contributed by atoms with E-state index in [1.807, 2.05) is 64.1 Å². The number of hydrogen-bond donors (Lipinski definition) is 1. The third kappa shape index (κ3) is 4.13. The third-order valence-corrected chi connectivity index (χ3v) is 4.07. The molecule has 1 atom stereocenters. The zero-order chi connectivity index (χ0) is 17.0. The summed E-state index contributed by atoms with van der Waals surface area (Å²) in [5.74, 6) is 0.584. The number of carbonyl (C=O) groups is 1. The first-order valence-electron chi connectivity index (χ1n) is 8.06. The second kappa shape index (κ2) is 7.32. The standard InChI is InChI=1S/C20H25NO2/c1-5-6-19(23-18-10-7-13(2)11-17(18)21)20(22)16-9-8-14(3)15(4)12-16/h7-12,19H,5-6,21H2,1-4H3. The van der Waals surface area contributed by atoms with Crippen LogP contribution in [0.25, 0.3) is 0 Å². The summed E-state index contributed by atoms with van der Waals surface area (Å²) < 4.78 is 5.95. The van der Waals surface area contributed by atoms with Gasteiger partial charge < -0.3 is 10.5 Å². The maximum Gasteiger partial charge on any atom is 0.203 e. The summed E-state index contributed by atoms with van der Waals surface area (Å²) in [6, 6.07) is 11.4. The summed E-state index contributed by atoms with van der Waals surface area (Å²) in [5, 5.41) is 0. The lowest BCUT2D eigenvalue weighted by molar-refractivity contribution is 0.0778. The average Bonchev–Trinajstić information content (AvgIpc) is 2.51. The Bertz CT molecular complexity index is 707. The maximum atomic E-state index is 12.8. The van der Waals surface area contributed by atoms with E-state index in [9.17, 15) is 4.79 Å². The van der Waals surface area contributed by atoms with Crippen molar-refractivity contribution in [1.82, 2.24) is 0 Å². The molecular weight excluding hydrogens is 286 g/mol. The van der Waals surface area contributed by atoms with Gasteiger partial charge in [0.1, 0.15) is 5.75 Å². The first kappa shape index (κ1) is 17.1. The lowest BCUT2D eigenvalue weighted by Gasteiger charge is -2.19. The molecule has 0 aliphatic carbocycles. The van der Waals surface area contributed by atoms with Gasteiger partial charge >= 0.3 is 0 Å². The van der Waals surface area contributed by atoms with E-state index >= 15 is 0 Å². The summed E-state index contributed by atoms with van der Waals surface area (Å²) in [7, 11) is 0. The van der Waals surface area contributed by atoms with Crippen LogP contribution < -0.4 is 10.5 Å².